The van der Waals surface area contributed by atoms with E-state index in [-0.39, 0.29) is 54.3 Å². The number of hydrogen-bond donors (Lipinski definition) is 1. The molecule has 1 heterocycles. The van der Waals surface area contributed by atoms with Crippen molar-refractivity contribution in [3.8, 4) is 5.75 Å². The van der Waals surface area contributed by atoms with Crippen molar-refractivity contribution in [1.82, 2.24) is 10.2 Å². The van der Waals surface area contributed by atoms with Crippen LogP contribution in [0, 0.1) is 23.8 Å². The van der Waals surface area contributed by atoms with Crippen molar-refractivity contribution in [1.29, 1.82) is 0 Å². The van der Waals surface area contributed by atoms with Gasteiger partial charge in [-0.25, -0.2) is 4.85 Å². The lowest BCUT2D eigenvalue weighted by Gasteiger charge is -2.45. The molecule has 0 spiro atoms. The second-order valence-electron chi connectivity index (χ2n) is 9.69. The topological polar surface area (TPSA) is 80.1 Å². The molecule has 7 nitrogen and oxygen atoms in total. The van der Waals surface area contributed by atoms with Gasteiger partial charge >= 0.3 is 6.36 Å². The Kier molecular flexibility index (Phi) is 8.08. The van der Waals surface area contributed by atoms with Gasteiger partial charge in [0.15, 0.2) is 5.69 Å². The standard InChI is InChI=1S/C25H30F3N3O4/c1-16(2)20(32)13-24(9-5-10-24)23(34)31-11-4-6-18(15-31)22(33)30-14-17-7-8-19(29-3)12-21(17)35-25(26,27)28/h7-8,12,16,18H,4-6,9-11,13-15H2,1-2H3,(H,30,33)/t18-/m1/s1. The zero-order valence-corrected chi connectivity index (χ0v) is 19.9. The van der Waals surface area contributed by atoms with Crippen LogP contribution in [0.3, 0.4) is 0 Å². The summed E-state index contributed by atoms with van der Waals surface area (Å²) in [7, 11) is 0. The highest BCUT2D eigenvalue weighted by Gasteiger charge is 2.48. The average Bonchev–Trinajstić information content (AvgIpc) is 2.78. The SMILES string of the molecule is [C-]#[N+]c1ccc(CNC(=O)[C@@H]2CCCN(C(=O)C3(CC(=O)C(C)C)CCC3)C2)c(OC(F)(F)F)c1. The van der Waals surface area contributed by atoms with Gasteiger partial charge in [-0.1, -0.05) is 32.4 Å². The molecule has 0 radical (unpaired) electrons. The van der Waals surface area contributed by atoms with Gasteiger partial charge in [-0.15, -0.1) is 13.2 Å². The number of Topliss-reactive ketones (excluding diaryl/α,β-unsaturated/α-hetero) is 1. The second-order valence-corrected chi connectivity index (χ2v) is 9.69. The van der Waals surface area contributed by atoms with Crippen LogP contribution in [0.2, 0.25) is 0 Å². The predicted octanol–water partition coefficient (Wildman–Crippen LogP) is 4.78. The molecular weight excluding hydrogens is 463 g/mol. The van der Waals surface area contributed by atoms with Crippen molar-refractivity contribution in [2.75, 3.05) is 13.1 Å². The third kappa shape index (κ3) is 6.53. The average molecular weight is 494 g/mol. The van der Waals surface area contributed by atoms with Gasteiger partial charge in [0, 0.05) is 37.5 Å². The minimum atomic E-state index is -4.93. The Labute approximate surface area is 202 Å². The summed E-state index contributed by atoms with van der Waals surface area (Å²) in [5, 5.41) is 2.65. The van der Waals surface area contributed by atoms with Crippen molar-refractivity contribution in [2.45, 2.75) is 65.3 Å². The zero-order chi connectivity index (χ0) is 25.8. The van der Waals surface area contributed by atoms with Crippen LogP contribution in [0.5, 0.6) is 5.75 Å². The van der Waals surface area contributed by atoms with E-state index < -0.39 is 23.4 Å². The van der Waals surface area contributed by atoms with E-state index in [0.717, 1.165) is 12.5 Å². The number of alkyl halides is 3. The van der Waals surface area contributed by atoms with Crippen LogP contribution in [0.4, 0.5) is 18.9 Å². The lowest BCUT2D eigenvalue weighted by Crippen LogP contribution is -2.53. The smallest absolute Gasteiger partial charge is 0.407 e. The molecule has 10 heteroatoms. The third-order valence-electron chi connectivity index (χ3n) is 6.86. The normalized spacial score (nSPS) is 19.5. The fraction of sp³-hybridized carbons (Fsp3) is 0.600. The fourth-order valence-corrected chi connectivity index (χ4v) is 4.62. The first-order valence-electron chi connectivity index (χ1n) is 11.8. The van der Waals surface area contributed by atoms with E-state index in [1.807, 2.05) is 13.8 Å². The summed E-state index contributed by atoms with van der Waals surface area (Å²) in [4.78, 5) is 43.3. The van der Waals surface area contributed by atoms with E-state index in [1.165, 1.54) is 12.1 Å². The van der Waals surface area contributed by atoms with Crippen molar-refractivity contribution in [2.24, 2.45) is 17.3 Å². The van der Waals surface area contributed by atoms with Gasteiger partial charge in [0.25, 0.3) is 0 Å². The number of piperidine rings is 1. The van der Waals surface area contributed by atoms with Crippen LogP contribution in [-0.2, 0) is 20.9 Å². The summed E-state index contributed by atoms with van der Waals surface area (Å²) in [6.45, 7) is 11.1. The first kappa shape index (κ1) is 26.5. The fourth-order valence-electron chi connectivity index (χ4n) is 4.62. The summed E-state index contributed by atoms with van der Waals surface area (Å²) < 4.78 is 42.4. The highest BCUT2D eigenvalue weighted by molar-refractivity contribution is 5.91. The third-order valence-corrected chi connectivity index (χ3v) is 6.86. The monoisotopic (exact) mass is 493 g/mol. The molecule has 1 aromatic rings. The van der Waals surface area contributed by atoms with Crippen LogP contribution in [-0.4, -0.2) is 41.9 Å². The number of nitrogens with one attached hydrogen (secondary N) is 1. The number of carbonyl (C=O) groups excluding carboxylic acids is 3. The number of amides is 2. The number of likely N-dealkylation sites (tertiary alicyclic amines) is 1. The van der Waals surface area contributed by atoms with E-state index in [1.54, 1.807) is 4.90 Å². The quantitative estimate of drug-likeness (QED) is 0.529. The molecule has 0 aromatic heterocycles. The summed E-state index contributed by atoms with van der Waals surface area (Å²) in [5.41, 5.74) is -0.595. The summed E-state index contributed by atoms with van der Waals surface area (Å²) in [6, 6.07) is 3.66. The van der Waals surface area contributed by atoms with Crippen molar-refractivity contribution in [3.63, 3.8) is 0 Å². The minimum absolute atomic E-state index is 0.0124. The molecule has 1 aromatic carbocycles. The minimum Gasteiger partial charge on any atom is -0.407 e. The van der Waals surface area contributed by atoms with Gasteiger partial charge in [-0.2, -0.15) is 0 Å². The second kappa shape index (κ2) is 10.7. The van der Waals surface area contributed by atoms with Crippen LogP contribution in [0.15, 0.2) is 18.2 Å². The van der Waals surface area contributed by atoms with Gasteiger partial charge < -0.3 is 15.0 Å². The van der Waals surface area contributed by atoms with Crippen LogP contribution in [0.25, 0.3) is 4.85 Å². The Balaban J connectivity index is 1.64. The first-order valence-corrected chi connectivity index (χ1v) is 11.8. The lowest BCUT2D eigenvalue weighted by molar-refractivity contribution is -0.274. The number of benzene rings is 1. The van der Waals surface area contributed by atoms with Gasteiger partial charge in [-0.3, -0.25) is 14.4 Å². The molecule has 1 saturated carbocycles. The number of halogens is 3. The van der Waals surface area contributed by atoms with Gasteiger partial charge in [0.05, 0.1) is 17.9 Å². The van der Waals surface area contributed by atoms with Crippen LogP contribution < -0.4 is 10.1 Å². The van der Waals surface area contributed by atoms with Gasteiger partial charge in [0.2, 0.25) is 11.8 Å². The summed E-state index contributed by atoms with van der Waals surface area (Å²) >= 11 is 0. The molecule has 2 amide bonds. The zero-order valence-electron chi connectivity index (χ0n) is 19.9. The maximum atomic E-state index is 13.3. The van der Waals surface area contributed by atoms with Crippen LogP contribution >= 0.6 is 0 Å². The Hall–Kier alpha value is -3.09. The molecule has 3 rings (SSSR count). The van der Waals surface area contributed by atoms with Crippen molar-refractivity contribution in [3.05, 3.63) is 35.2 Å². The highest BCUT2D eigenvalue weighted by Crippen LogP contribution is 2.46. The molecule has 190 valence electrons. The lowest BCUT2D eigenvalue weighted by atomic mass is 9.64. The maximum absolute atomic E-state index is 13.3. The molecule has 0 bridgehead atoms. The number of rotatable bonds is 8. The molecule has 1 saturated heterocycles. The van der Waals surface area contributed by atoms with Gasteiger partial charge in [0.1, 0.15) is 11.5 Å². The number of nitrogens with zero attached hydrogens (tertiary/aromatic N) is 2. The molecule has 35 heavy (non-hydrogen) atoms. The molecule has 1 aliphatic heterocycles. The number of carbonyl (C=O) groups is 3. The number of ketones is 1. The molecule has 0 unspecified atom stereocenters. The highest BCUT2D eigenvalue weighted by atomic mass is 19.4. The largest absolute Gasteiger partial charge is 0.573 e. The molecular formula is C25H30F3N3O4. The van der Waals surface area contributed by atoms with Gasteiger partial charge in [-0.05, 0) is 31.7 Å². The predicted molar refractivity (Wildman–Crippen MR) is 121 cm³/mol. The van der Waals surface area contributed by atoms with E-state index in [4.69, 9.17) is 6.57 Å². The summed E-state index contributed by atoms with van der Waals surface area (Å²) in [6.07, 6.45) is -1.31. The number of ether oxygens (including phenoxy) is 1. The first-order chi connectivity index (χ1) is 16.4. The van der Waals surface area contributed by atoms with E-state index >= 15 is 0 Å². The van der Waals surface area contributed by atoms with Crippen LogP contribution in [0.1, 0.15) is 57.9 Å². The summed E-state index contributed by atoms with van der Waals surface area (Å²) in [5.74, 6) is -1.56. The Morgan fingerprint density at radius 1 is 1.26 bits per heavy atom. The van der Waals surface area contributed by atoms with E-state index in [9.17, 15) is 27.6 Å². The Bertz CT molecular complexity index is 1010. The number of hydrogen-bond acceptors (Lipinski definition) is 4. The molecule has 1 aliphatic carbocycles. The molecule has 2 aliphatic rings. The molecule has 1 atom stereocenters. The Morgan fingerprint density at radius 3 is 2.54 bits per heavy atom. The van der Waals surface area contributed by atoms with E-state index in [2.05, 4.69) is 14.9 Å². The maximum Gasteiger partial charge on any atom is 0.573 e. The molecule has 2 fully saturated rings. The van der Waals surface area contributed by atoms with Crippen molar-refractivity contribution >= 4 is 23.3 Å². The van der Waals surface area contributed by atoms with E-state index in [0.29, 0.717) is 32.2 Å². The Morgan fingerprint density at radius 2 is 1.97 bits per heavy atom. The van der Waals surface area contributed by atoms with Crippen molar-refractivity contribution < 1.29 is 32.3 Å². The molecule has 1 N–H and O–H groups in total.